The molecule has 0 saturated carbocycles. The molecule has 116 valence electrons. The van der Waals surface area contributed by atoms with Crippen molar-refractivity contribution < 1.29 is 9.53 Å². The van der Waals surface area contributed by atoms with Crippen molar-refractivity contribution in [3.63, 3.8) is 0 Å². The van der Waals surface area contributed by atoms with Crippen molar-refractivity contribution in [1.29, 1.82) is 0 Å². The number of nitrogens with one attached hydrogen (secondary N) is 1. The molecule has 3 N–H and O–H groups in total. The van der Waals surface area contributed by atoms with Crippen molar-refractivity contribution in [2.45, 2.75) is 26.9 Å². The Hall–Kier alpha value is -2.20. The molecule has 0 aliphatic rings. The van der Waals surface area contributed by atoms with Crippen LogP contribution in [0.15, 0.2) is 36.4 Å². The minimum atomic E-state index is -0.627. The van der Waals surface area contributed by atoms with E-state index in [2.05, 4.69) is 5.32 Å². The van der Waals surface area contributed by atoms with Gasteiger partial charge in [-0.2, -0.15) is 0 Å². The molecule has 0 aliphatic carbocycles. The lowest BCUT2D eigenvalue weighted by Gasteiger charge is -2.17. The predicted molar refractivity (Wildman–Crippen MR) is 90.5 cm³/mol. The minimum absolute atomic E-state index is 0.248. The minimum Gasteiger partial charge on any atom is -0.481 e. The number of amides is 1. The van der Waals surface area contributed by atoms with Gasteiger partial charge in [-0.25, -0.2) is 0 Å². The second kappa shape index (κ2) is 6.71. The van der Waals surface area contributed by atoms with Gasteiger partial charge < -0.3 is 15.8 Å². The van der Waals surface area contributed by atoms with Gasteiger partial charge in [-0.1, -0.05) is 23.7 Å². The van der Waals surface area contributed by atoms with Crippen LogP contribution in [0.4, 0.5) is 11.4 Å². The van der Waals surface area contributed by atoms with E-state index in [9.17, 15) is 4.79 Å². The van der Waals surface area contributed by atoms with E-state index >= 15 is 0 Å². The van der Waals surface area contributed by atoms with Crippen LogP contribution in [0.3, 0.4) is 0 Å². The lowest BCUT2D eigenvalue weighted by molar-refractivity contribution is -0.122. The average molecular weight is 319 g/mol. The molecule has 0 spiro atoms. The summed E-state index contributed by atoms with van der Waals surface area (Å²) in [5, 5.41) is 3.22. The number of carbonyl (C=O) groups is 1. The van der Waals surface area contributed by atoms with Gasteiger partial charge in [0.15, 0.2) is 6.10 Å². The van der Waals surface area contributed by atoms with Crippen LogP contribution in [0, 0.1) is 13.8 Å². The number of aryl methyl sites for hydroxylation is 2. The molecule has 0 aromatic heterocycles. The third kappa shape index (κ3) is 3.92. The summed E-state index contributed by atoms with van der Waals surface area (Å²) in [5.41, 5.74) is 8.79. The Morgan fingerprint density at radius 3 is 2.64 bits per heavy atom. The molecule has 0 aliphatic heterocycles. The monoisotopic (exact) mass is 318 g/mol. The number of ether oxygens (including phenoxy) is 1. The predicted octanol–water partition coefficient (Wildman–Crippen LogP) is 3.95. The smallest absolute Gasteiger partial charge is 0.265 e. The van der Waals surface area contributed by atoms with Gasteiger partial charge in [0.25, 0.3) is 5.91 Å². The Labute approximate surface area is 135 Å². The normalized spacial score (nSPS) is 11.8. The lowest BCUT2D eigenvalue weighted by atomic mass is 10.1. The summed E-state index contributed by atoms with van der Waals surface area (Å²) in [7, 11) is 0. The number of halogens is 1. The van der Waals surface area contributed by atoms with E-state index in [0.717, 1.165) is 11.1 Å². The van der Waals surface area contributed by atoms with Crippen molar-refractivity contribution in [3.05, 3.63) is 52.5 Å². The third-order valence-corrected chi connectivity index (χ3v) is 3.62. The molecular formula is C17H19ClN2O2. The maximum atomic E-state index is 12.2. The molecule has 2 rings (SSSR count). The number of anilines is 2. The second-order valence-corrected chi connectivity index (χ2v) is 5.66. The summed E-state index contributed by atoms with van der Waals surface area (Å²) in [6.07, 6.45) is -0.627. The molecule has 1 amide bonds. The van der Waals surface area contributed by atoms with E-state index in [0.29, 0.717) is 22.1 Å². The molecule has 22 heavy (non-hydrogen) atoms. The first-order valence-corrected chi connectivity index (χ1v) is 7.34. The van der Waals surface area contributed by atoms with Crippen LogP contribution in [0.25, 0.3) is 0 Å². The first kappa shape index (κ1) is 16.2. The Balaban J connectivity index is 2.05. The van der Waals surface area contributed by atoms with E-state index in [1.165, 1.54) is 0 Å². The SMILES string of the molecule is Cc1ccc(C)c(O[C@@H](C)C(=O)Nc2ccc(Cl)c(N)c2)c1. The first-order chi connectivity index (χ1) is 10.4. The highest BCUT2D eigenvalue weighted by Crippen LogP contribution is 2.23. The molecule has 0 radical (unpaired) electrons. The number of nitrogens with two attached hydrogens (primary N) is 1. The van der Waals surface area contributed by atoms with Crippen LogP contribution in [-0.2, 0) is 4.79 Å². The van der Waals surface area contributed by atoms with E-state index in [-0.39, 0.29) is 5.91 Å². The van der Waals surface area contributed by atoms with Crippen molar-refractivity contribution in [3.8, 4) is 5.75 Å². The zero-order valence-corrected chi connectivity index (χ0v) is 13.6. The number of rotatable bonds is 4. The quantitative estimate of drug-likeness (QED) is 0.839. The summed E-state index contributed by atoms with van der Waals surface area (Å²) >= 11 is 5.86. The van der Waals surface area contributed by atoms with E-state index in [4.69, 9.17) is 22.1 Å². The number of benzene rings is 2. The number of hydrogen-bond donors (Lipinski definition) is 2. The summed E-state index contributed by atoms with van der Waals surface area (Å²) in [5.74, 6) is 0.459. The Kier molecular flexibility index (Phi) is 4.93. The van der Waals surface area contributed by atoms with Crippen LogP contribution in [0.5, 0.6) is 5.75 Å². The highest BCUT2D eigenvalue weighted by atomic mass is 35.5. The number of hydrogen-bond acceptors (Lipinski definition) is 3. The molecule has 4 nitrogen and oxygen atoms in total. The molecule has 2 aromatic carbocycles. The second-order valence-electron chi connectivity index (χ2n) is 5.25. The van der Waals surface area contributed by atoms with E-state index in [1.54, 1.807) is 25.1 Å². The van der Waals surface area contributed by atoms with Crippen molar-refractivity contribution in [2.75, 3.05) is 11.1 Å². The van der Waals surface area contributed by atoms with Gasteiger partial charge >= 0.3 is 0 Å². The zero-order valence-electron chi connectivity index (χ0n) is 12.8. The highest BCUT2D eigenvalue weighted by Gasteiger charge is 2.16. The summed E-state index contributed by atoms with van der Waals surface area (Å²) in [6, 6.07) is 10.8. The topological polar surface area (TPSA) is 64.3 Å². The van der Waals surface area contributed by atoms with Crippen molar-refractivity contribution >= 4 is 28.9 Å². The van der Waals surface area contributed by atoms with Gasteiger partial charge in [0.1, 0.15) is 5.75 Å². The standard InChI is InChI=1S/C17H19ClN2O2/c1-10-4-5-11(2)16(8-10)22-12(3)17(21)20-13-6-7-14(18)15(19)9-13/h4-9,12H,19H2,1-3H3,(H,20,21)/t12-/m0/s1. The molecule has 0 saturated heterocycles. The highest BCUT2D eigenvalue weighted by molar-refractivity contribution is 6.33. The summed E-state index contributed by atoms with van der Waals surface area (Å²) in [6.45, 7) is 5.63. The Morgan fingerprint density at radius 1 is 1.23 bits per heavy atom. The fourth-order valence-corrected chi connectivity index (χ4v) is 2.06. The van der Waals surface area contributed by atoms with Crippen LogP contribution < -0.4 is 15.8 Å². The maximum Gasteiger partial charge on any atom is 0.265 e. The van der Waals surface area contributed by atoms with Crippen LogP contribution in [0.1, 0.15) is 18.1 Å². The van der Waals surface area contributed by atoms with Crippen molar-refractivity contribution in [2.24, 2.45) is 0 Å². The average Bonchev–Trinajstić information content (AvgIpc) is 2.46. The van der Waals surface area contributed by atoms with Gasteiger partial charge in [0.05, 0.1) is 10.7 Å². The lowest BCUT2D eigenvalue weighted by Crippen LogP contribution is -2.30. The molecule has 0 bridgehead atoms. The fraction of sp³-hybridized carbons (Fsp3) is 0.235. The van der Waals surface area contributed by atoms with Crippen molar-refractivity contribution in [1.82, 2.24) is 0 Å². The van der Waals surface area contributed by atoms with Gasteiger partial charge in [0, 0.05) is 5.69 Å². The molecular weight excluding hydrogens is 300 g/mol. The number of nitrogen functional groups attached to an aromatic ring is 1. The van der Waals surface area contributed by atoms with Gasteiger partial charge in [-0.3, -0.25) is 4.79 Å². The summed E-state index contributed by atoms with van der Waals surface area (Å²) < 4.78 is 5.74. The molecule has 0 unspecified atom stereocenters. The molecule has 5 heteroatoms. The van der Waals surface area contributed by atoms with Crippen LogP contribution in [0.2, 0.25) is 5.02 Å². The maximum absolute atomic E-state index is 12.2. The van der Waals surface area contributed by atoms with Crippen LogP contribution in [-0.4, -0.2) is 12.0 Å². The van der Waals surface area contributed by atoms with Crippen LogP contribution >= 0.6 is 11.6 Å². The van der Waals surface area contributed by atoms with Gasteiger partial charge in [-0.15, -0.1) is 0 Å². The van der Waals surface area contributed by atoms with Gasteiger partial charge in [-0.05, 0) is 56.2 Å². The van der Waals surface area contributed by atoms with E-state index < -0.39 is 6.10 Å². The Bertz CT molecular complexity index is 701. The molecule has 1 atom stereocenters. The Morgan fingerprint density at radius 2 is 1.95 bits per heavy atom. The summed E-state index contributed by atoms with van der Waals surface area (Å²) in [4.78, 5) is 12.2. The van der Waals surface area contributed by atoms with E-state index in [1.807, 2.05) is 32.0 Å². The zero-order chi connectivity index (χ0) is 16.3. The molecule has 0 fully saturated rings. The largest absolute Gasteiger partial charge is 0.481 e. The number of carbonyl (C=O) groups excluding carboxylic acids is 1. The first-order valence-electron chi connectivity index (χ1n) is 6.96. The molecule has 2 aromatic rings. The fourth-order valence-electron chi connectivity index (χ4n) is 1.94. The van der Waals surface area contributed by atoms with Gasteiger partial charge in [0.2, 0.25) is 0 Å². The molecule has 0 heterocycles. The third-order valence-electron chi connectivity index (χ3n) is 3.28.